The van der Waals surface area contributed by atoms with E-state index in [0.717, 1.165) is 0 Å². The number of nitrogen functional groups attached to an aromatic ring is 1. The van der Waals surface area contributed by atoms with Gasteiger partial charge in [0, 0.05) is 18.8 Å². The summed E-state index contributed by atoms with van der Waals surface area (Å²) in [5.41, 5.74) is 6.29. The quantitative estimate of drug-likeness (QED) is 0.865. The Bertz CT molecular complexity index is 497. The van der Waals surface area contributed by atoms with E-state index >= 15 is 0 Å². The maximum absolute atomic E-state index is 12.2. The third-order valence-corrected chi connectivity index (χ3v) is 3.25. The Labute approximate surface area is 116 Å². The van der Waals surface area contributed by atoms with Crippen molar-refractivity contribution in [3.05, 3.63) is 27.7 Å². The molecule has 4 nitrogen and oxygen atoms in total. The number of halogens is 2. The number of benzene rings is 1. The van der Waals surface area contributed by atoms with Crippen molar-refractivity contribution in [1.82, 2.24) is 4.90 Å². The monoisotopic (exact) mass is 285 g/mol. The maximum Gasteiger partial charge on any atom is 0.255 e. The molecule has 0 aliphatic carbocycles. The molecule has 2 N–H and O–H groups in total. The predicted octanol–water partition coefficient (Wildman–Crippen LogP) is 2.95. The summed E-state index contributed by atoms with van der Waals surface area (Å²) in [4.78, 5) is 13.8. The van der Waals surface area contributed by atoms with E-state index in [1.54, 1.807) is 0 Å². The molecule has 0 spiro atoms. The molecule has 1 amide bonds. The average Bonchev–Trinajstić information content (AvgIpc) is 2.34. The fourth-order valence-corrected chi connectivity index (χ4v) is 1.94. The summed E-state index contributed by atoms with van der Waals surface area (Å²) in [6.45, 7) is 2.68. The number of nitrogens with zero attached hydrogens (tertiary/aromatic N) is 2. The molecular weight excluding hydrogens is 273 g/mol. The lowest BCUT2D eigenvalue weighted by Gasteiger charge is -2.20. The van der Waals surface area contributed by atoms with E-state index in [9.17, 15) is 4.79 Å². The van der Waals surface area contributed by atoms with Gasteiger partial charge in [-0.25, -0.2) is 0 Å². The normalized spacial score (nSPS) is 9.89. The SMILES string of the molecule is CCN(CCC#N)C(=O)c1cc(N)cc(Cl)c1Cl. The molecule has 0 bridgehead atoms. The van der Waals surface area contributed by atoms with Crippen LogP contribution in [0.3, 0.4) is 0 Å². The molecule has 1 rings (SSSR count). The molecule has 0 atom stereocenters. The minimum absolute atomic E-state index is 0.186. The molecule has 0 saturated carbocycles. The molecule has 0 saturated heterocycles. The Morgan fingerprint density at radius 3 is 2.72 bits per heavy atom. The van der Waals surface area contributed by atoms with Crippen LogP contribution in [0.5, 0.6) is 0 Å². The number of hydrogen-bond donors (Lipinski definition) is 1. The highest BCUT2D eigenvalue weighted by Crippen LogP contribution is 2.29. The van der Waals surface area contributed by atoms with Crippen molar-refractivity contribution in [3.63, 3.8) is 0 Å². The second-order valence-electron chi connectivity index (χ2n) is 3.66. The second kappa shape index (κ2) is 6.48. The predicted molar refractivity (Wildman–Crippen MR) is 72.7 cm³/mol. The van der Waals surface area contributed by atoms with Gasteiger partial charge in [-0.05, 0) is 19.1 Å². The zero-order valence-electron chi connectivity index (χ0n) is 9.91. The zero-order chi connectivity index (χ0) is 13.7. The molecule has 0 aliphatic rings. The first kappa shape index (κ1) is 14.6. The van der Waals surface area contributed by atoms with E-state index in [4.69, 9.17) is 34.2 Å². The van der Waals surface area contributed by atoms with Gasteiger partial charge >= 0.3 is 0 Å². The molecule has 0 unspecified atom stereocenters. The van der Waals surface area contributed by atoms with E-state index < -0.39 is 0 Å². The topological polar surface area (TPSA) is 70.1 Å². The molecule has 96 valence electrons. The van der Waals surface area contributed by atoms with Gasteiger partial charge in [-0.1, -0.05) is 23.2 Å². The van der Waals surface area contributed by atoms with Crippen LogP contribution in [0.15, 0.2) is 12.1 Å². The van der Waals surface area contributed by atoms with E-state index in [1.807, 2.05) is 13.0 Å². The number of anilines is 1. The summed E-state index contributed by atoms with van der Waals surface area (Å²) in [5.74, 6) is -0.271. The first-order valence-corrected chi connectivity index (χ1v) is 6.17. The molecule has 0 radical (unpaired) electrons. The molecule has 0 aliphatic heterocycles. The maximum atomic E-state index is 12.2. The van der Waals surface area contributed by atoms with Crippen LogP contribution in [0, 0.1) is 11.3 Å². The smallest absolute Gasteiger partial charge is 0.255 e. The number of nitriles is 1. The summed E-state index contributed by atoms with van der Waals surface area (Å²) in [6, 6.07) is 4.98. The number of rotatable bonds is 4. The number of carbonyl (C=O) groups is 1. The van der Waals surface area contributed by atoms with Crippen molar-refractivity contribution in [2.24, 2.45) is 0 Å². The van der Waals surface area contributed by atoms with Crippen LogP contribution in [-0.4, -0.2) is 23.9 Å². The van der Waals surface area contributed by atoms with Crippen LogP contribution < -0.4 is 5.73 Å². The minimum Gasteiger partial charge on any atom is -0.399 e. The molecule has 1 aromatic rings. The van der Waals surface area contributed by atoms with Gasteiger partial charge in [-0.15, -0.1) is 0 Å². The standard InChI is InChI=1S/C12H13Cl2N3O/c1-2-17(5-3-4-15)12(18)9-6-8(16)7-10(13)11(9)14/h6-7H,2-3,5,16H2,1H3. The van der Waals surface area contributed by atoms with Crippen molar-refractivity contribution in [2.45, 2.75) is 13.3 Å². The number of carbonyl (C=O) groups excluding carboxylic acids is 1. The van der Waals surface area contributed by atoms with Crippen molar-refractivity contribution < 1.29 is 4.79 Å². The molecule has 18 heavy (non-hydrogen) atoms. The Morgan fingerprint density at radius 2 is 2.17 bits per heavy atom. The first-order chi connectivity index (χ1) is 8.51. The highest BCUT2D eigenvalue weighted by molar-refractivity contribution is 6.44. The van der Waals surface area contributed by atoms with Gasteiger partial charge < -0.3 is 10.6 Å². The third kappa shape index (κ3) is 3.28. The summed E-state index contributed by atoms with van der Waals surface area (Å²) < 4.78 is 0. The van der Waals surface area contributed by atoms with Crippen LogP contribution in [-0.2, 0) is 0 Å². The van der Waals surface area contributed by atoms with Gasteiger partial charge in [-0.2, -0.15) is 5.26 Å². The van der Waals surface area contributed by atoms with Crippen LogP contribution in [0.4, 0.5) is 5.69 Å². The van der Waals surface area contributed by atoms with Crippen molar-refractivity contribution >= 4 is 34.8 Å². The first-order valence-electron chi connectivity index (χ1n) is 5.42. The van der Waals surface area contributed by atoms with Crippen LogP contribution in [0.2, 0.25) is 10.0 Å². The molecule has 6 heteroatoms. The summed E-state index contributed by atoms with van der Waals surface area (Å²) >= 11 is 11.9. The van der Waals surface area contributed by atoms with Crippen LogP contribution >= 0.6 is 23.2 Å². The van der Waals surface area contributed by atoms with Gasteiger partial charge in [0.2, 0.25) is 0 Å². The Balaban J connectivity index is 3.06. The van der Waals surface area contributed by atoms with Gasteiger partial charge in [0.05, 0.1) is 28.1 Å². The Kier molecular flexibility index (Phi) is 5.26. The van der Waals surface area contributed by atoms with E-state index in [-0.39, 0.29) is 27.9 Å². The molecule has 0 fully saturated rings. The summed E-state index contributed by atoms with van der Waals surface area (Å²) in [7, 11) is 0. The van der Waals surface area contributed by atoms with E-state index in [0.29, 0.717) is 18.8 Å². The highest BCUT2D eigenvalue weighted by atomic mass is 35.5. The highest BCUT2D eigenvalue weighted by Gasteiger charge is 2.19. The fourth-order valence-electron chi connectivity index (χ4n) is 1.52. The third-order valence-electron chi connectivity index (χ3n) is 2.44. The molecule has 0 aromatic heterocycles. The van der Waals surface area contributed by atoms with Gasteiger partial charge in [0.15, 0.2) is 0 Å². The lowest BCUT2D eigenvalue weighted by atomic mass is 10.1. The Hall–Kier alpha value is -1.44. The lowest BCUT2D eigenvalue weighted by Crippen LogP contribution is -2.32. The average molecular weight is 286 g/mol. The van der Waals surface area contributed by atoms with Gasteiger partial charge in [-0.3, -0.25) is 4.79 Å². The Morgan fingerprint density at radius 1 is 1.50 bits per heavy atom. The minimum atomic E-state index is -0.271. The lowest BCUT2D eigenvalue weighted by molar-refractivity contribution is 0.0768. The largest absolute Gasteiger partial charge is 0.399 e. The second-order valence-corrected chi connectivity index (χ2v) is 4.44. The van der Waals surface area contributed by atoms with E-state index in [2.05, 4.69) is 0 Å². The van der Waals surface area contributed by atoms with Crippen LogP contribution in [0.1, 0.15) is 23.7 Å². The molecular formula is C12H13Cl2N3O. The summed E-state index contributed by atoms with van der Waals surface area (Å²) in [6.07, 6.45) is 0.271. The summed E-state index contributed by atoms with van der Waals surface area (Å²) in [5, 5.41) is 8.98. The van der Waals surface area contributed by atoms with Gasteiger partial charge in [0.25, 0.3) is 5.91 Å². The number of hydrogen-bond acceptors (Lipinski definition) is 3. The van der Waals surface area contributed by atoms with Crippen molar-refractivity contribution in [3.8, 4) is 6.07 Å². The van der Waals surface area contributed by atoms with Gasteiger partial charge in [0.1, 0.15) is 0 Å². The molecule has 0 heterocycles. The van der Waals surface area contributed by atoms with Crippen molar-refractivity contribution in [2.75, 3.05) is 18.8 Å². The molecule has 1 aromatic carbocycles. The number of amides is 1. The fraction of sp³-hybridized carbons (Fsp3) is 0.333. The van der Waals surface area contributed by atoms with Crippen LogP contribution in [0.25, 0.3) is 0 Å². The van der Waals surface area contributed by atoms with E-state index in [1.165, 1.54) is 17.0 Å². The number of nitrogens with two attached hydrogens (primary N) is 1. The van der Waals surface area contributed by atoms with Crippen molar-refractivity contribution in [1.29, 1.82) is 5.26 Å². The zero-order valence-corrected chi connectivity index (χ0v) is 11.4.